The van der Waals surface area contributed by atoms with Crippen molar-refractivity contribution in [2.75, 3.05) is 0 Å². The molecule has 0 spiro atoms. The molecule has 2 N–H and O–H groups in total. The van der Waals surface area contributed by atoms with Gasteiger partial charge in [-0.1, -0.05) is 32.9 Å². The summed E-state index contributed by atoms with van der Waals surface area (Å²) in [5.74, 6) is -0.254. The summed E-state index contributed by atoms with van der Waals surface area (Å²) in [6.45, 7) is 5.95. The highest BCUT2D eigenvalue weighted by atomic mass is 16.6. The molecule has 0 radical (unpaired) electrons. The molecule has 1 amide bonds. The van der Waals surface area contributed by atoms with Gasteiger partial charge in [0.15, 0.2) is 0 Å². The number of non-ortho nitro benzene ring substituents is 1. The van der Waals surface area contributed by atoms with Crippen LogP contribution in [0.3, 0.4) is 0 Å². The number of amides is 1. The Kier molecular flexibility index (Phi) is 4.64. The first kappa shape index (κ1) is 19.1. The molecule has 0 fully saturated rings. The Balaban J connectivity index is 2.19. The Morgan fingerprint density at radius 1 is 1.21 bits per heavy atom. The fraction of sp³-hybridized carbons (Fsp3) is 0.200. The van der Waals surface area contributed by atoms with Crippen LogP contribution in [-0.2, 0) is 10.2 Å². The zero-order chi connectivity index (χ0) is 20.6. The zero-order valence-corrected chi connectivity index (χ0v) is 15.5. The highest BCUT2D eigenvalue weighted by Crippen LogP contribution is 2.38. The number of nitrogens with two attached hydrogens (primary N) is 1. The number of primary amides is 1. The van der Waals surface area contributed by atoms with E-state index in [1.54, 1.807) is 18.2 Å². The van der Waals surface area contributed by atoms with Crippen LogP contribution in [0, 0.1) is 10.1 Å². The third-order valence-electron chi connectivity index (χ3n) is 4.26. The maximum absolute atomic E-state index is 12.2. The number of nitrogens with zero attached hydrogens (tertiary/aromatic N) is 1. The first-order chi connectivity index (χ1) is 13.1. The van der Waals surface area contributed by atoms with Crippen molar-refractivity contribution in [3.05, 3.63) is 68.8 Å². The van der Waals surface area contributed by atoms with Crippen LogP contribution in [0.25, 0.3) is 11.8 Å². The molecular weight excluding hydrogens is 364 g/mol. The number of esters is 1. The number of ether oxygens (including phenoxy) is 2. The fourth-order valence-electron chi connectivity index (χ4n) is 3.02. The lowest BCUT2D eigenvalue weighted by Gasteiger charge is -2.23. The molecule has 3 rings (SSSR count). The summed E-state index contributed by atoms with van der Waals surface area (Å²) < 4.78 is 10.4. The minimum absolute atomic E-state index is 0.103. The summed E-state index contributed by atoms with van der Waals surface area (Å²) in [6, 6.07) is 9.12. The lowest BCUT2D eigenvalue weighted by Crippen LogP contribution is -2.19. The maximum atomic E-state index is 12.2. The Morgan fingerprint density at radius 2 is 1.93 bits per heavy atom. The van der Waals surface area contributed by atoms with Crippen LogP contribution < -0.4 is 10.5 Å². The van der Waals surface area contributed by atoms with Gasteiger partial charge in [-0.05, 0) is 29.2 Å². The molecule has 0 unspecified atom stereocenters. The van der Waals surface area contributed by atoms with Crippen LogP contribution in [0.2, 0.25) is 0 Å². The second kappa shape index (κ2) is 6.80. The number of carbonyl (C=O) groups is 2. The van der Waals surface area contributed by atoms with Crippen LogP contribution in [0.5, 0.6) is 5.75 Å². The van der Waals surface area contributed by atoms with Gasteiger partial charge in [-0.25, -0.2) is 9.59 Å². The molecule has 1 aliphatic rings. The summed E-state index contributed by atoms with van der Waals surface area (Å²) in [5.41, 5.74) is 6.55. The third kappa shape index (κ3) is 3.57. The highest BCUT2D eigenvalue weighted by Gasteiger charge is 2.30. The molecule has 144 valence electrons. The molecule has 2 aromatic rings. The van der Waals surface area contributed by atoms with Gasteiger partial charge >= 0.3 is 12.1 Å². The van der Waals surface area contributed by atoms with Gasteiger partial charge in [0.2, 0.25) is 0 Å². The molecule has 0 aliphatic carbocycles. The Morgan fingerprint density at radius 3 is 2.54 bits per heavy atom. The first-order valence-electron chi connectivity index (χ1n) is 8.41. The van der Waals surface area contributed by atoms with E-state index in [-0.39, 0.29) is 28.2 Å². The molecule has 0 saturated carbocycles. The van der Waals surface area contributed by atoms with E-state index in [0.29, 0.717) is 11.1 Å². The van der Waals surface area contributed by atoms with Crippen LogP contribution in [0.15, 0.2) is 36.4 Å². The number of nitro groups is 1. The Bertz CT molecular complexity index is 1030. The van der Waals surface area contributed by atoms with E-state index in [1.807, 2.05) is 26.8 Å². The summed E-state index contributed by atoms with van der Waals surface area (Å²) in [7, 11) is 0. The normalized spacial score (nSPS) is 14.5. The second-order valence-corrected chi connectivity index (χ2v) is 7.27. The molecule has 8 heteroatoms. The minimum Gasteiger partial charge on any atom is -0.422 e. The molecule has 28 heavy (non-hydrogen) atoms. The largest absolute Gasteiger partial charge is 0.422 e. The number of rotatable bonds is 3. The Labute approximate surface area is 160 Å². The maximum Gasteiger partial charge on any atom is 0.409 e. The molecule has 0 aromatic heterocycles. The zero-order valence-electron chi connectivity index (χ0n) is 15.5. The summed E-state index contributed by atoms with van der Waals surface area (Å²) in [6.07, 6.45) is 0.610. The molecule has 0 saturated heterocycles. The van der Waals surface area contributed by atoms with Gasteiger partial charge in [-0.2, -0.15) is 0 Å². The van der Waals surface area contributed by atoms with Gasteiger partial charge in [-0.15, -0.1) is 0 Å². The highest BCUT2D eigenvalue weighted by molar-refractivity contribution is 6.06. The van der Waals surface area contributed by atoms with Crippen molar-refractivity contribution >= 4 is 29.6 Å². The number of hydrogen-bond donors (Lipinski definition) is 1. The average molecular weight is 382 g/mol. The lowest BCUT2D eigenvalue weighted by molar-refractivity contribution is -0.384. The van der Waals surface area contributed by atoms with Crippen molar-refractivity contribution in [1.82, 2.24) is 0 Å². The van der Waals surface area contributed by atoms with Gasteiger partial charge in [0.1, 0.15) is 11.5 Å². The lowest BCUT2D eigenvalue weighted by atomic mass is 9.83. The van der Waals surface area contributed by atoms with E-state index in [4.69, 9.17) is 15.2 Å². The van der Waals surface area contributed by atoms with Gasteiger partial charge < -0.3 is 15.2 Å². The predicted octanol–water partition coefficient (Wildman–Crippen LogP) is 4.02. The summed E-state index contributed by atoms with van der Waals surface area (Å²) in [4.78, 5) is 33.9. The van der Waals surface area contributed by atoms with E-state index < -0.39 is 17.0 Å². The Hall–Kier alpha value is -3.68. The summed E-state index contributed by atoms with van der Waals surface area (Å²) >= 11 is 0. The number of benzene rings is 2. The first-order valence-corrected chi connectivity index (χ1v) is 8.41. The van der Waals surface area contributed by atoms with Crippen molar-refractivity contribution in [3.8, 4) is 5.75 Å². The number of cyclic esters (lactones) is 1. The van der Waals surface area contributed by atoms with E-state index in [1.165, 1.54) is 18.2 Å². The number of nitro benzene ring substituents is 1. The van der Waals surface area contributed by atoms with Gasteiger partial charge in [-0.3, -0.25) is 10.1 Å². The van der Waals surface area contributed by atoms with Gasteiger partial charge in [0, 0.05) is 23.3 Å². The number of hydrogen-bond acceptors (Lipinski definition) is 6. The van der Waals surface area contributed by atoms with Gasteiger partial charge in [0.05, 0.1) is 10.5 Å². The summed E-state index contributed by atoms with van der Waals surface area (Å²) in [5, 5.41) is 11.0. The molecule has 0 bridgehead atoms. The van der Waals surface area contributed by atoms with Crippen LogP contribution in [-0.4, -0.2) is 17.0 Å². The molecule has 2 aromatic carbocycles. The van der Waals surface area contributed by atoms with Crippen molar-refractivity contribution in [3.63, 3.8) is 0 Å². The topological polar surface area (TPSA) is 122 Å². The standard InChI is InChI=1S/C20H18N2O6/c1-20(2,3)15-5-4-6-16(28-19(21)24)14(15)10-17-12-8-7-11(22(25)26)9-13(12)18(23)27-17/h4-10H,1-3H3,(H2,21,24)/b17-10-. The smallest absolute Gasteiger partial charge is 0.409 e. The predicted molar refractivity (Wildman–Crippen MR) is 102 cm³/mol. The van der Waals surface area contributed by atoms with E-state index in [0.717, 1.165) is 5.56 Å². The molecule has 1 heterocycles. The van der Waals surface area contributed by atoms with Crippen molar-refractivity contribution in [2.24, 2.45) is 5.73 Å². The monoisotopic (exact) mass is 382 g/mol. The SMILES string of the molecule is CC(C)(C)c1cccc(OC(N)=O)c1/C=C1\OC(=O)c2cc([N+](=O)[O-])ccc21. The van der Waals surface area contributed by atoms with Gasteiger partial charge in [0.25, 0.3) is 5.69 Å². The van der Waals surface area contributed by atoms with Crippen molar-refractivity contribution < 1.29 is 24.0 Å². The van der Waals surface area contributed by atoms with Crippen molar-refractivity contribution in [2.45, 2.75) is 26.2 Å². The molecule has 0 atom stereocenters. The average Bonchev–Trinajstić information content (AvgIpc) is 2.90. The second-order valence-electron chi connectivity index (χ2n) is 7.27. The van der Waals surface area contributed by atoms with E-state index in [9.17, 15) is 19.7 Å². The van der Waals surface area contributed by atoms with Crippen molar-refractivity contribution in [1.29, 1.82) is 0 Å². The third-order valence-corrected chi connectivity index (χ3v) is 4.26. The van der Waals surface area contributed by atoms with E-state index >= 15 is 0 Å². The molecule has 8 nitrogen and oxygen atoms in total. The fourth-order valence-corrected chi connectivity index (χ4v) is 3.02. The quantitative estimate of drug-likeness (QED) is 0.486. The minimum atomic E-state index is -0.967. The number of fused-ring (bicyclic) bond motifs is 1. The molecular formula is C20H18N2O6. The molecule has 1 aliphatic heterocycles. The van der Waals surface area contributed by atoms with Crippen LogP contribution in [0.1, 0.15) is 47.8 Å². The van der Waals surface area contributed by atoms with E-state index in [2.05, 4.69) is 0 Å². The van der Waals surface area contributed by atoms with Crippen LogP contribution in [0.4, 0.5) is 10.5 Å². The number of carbonyl (C=O) groups excluding carboxylic acids is 2. The van der Waals surface area contributed by atoms with Crippen LogP contribution >= 0.6 is 0 Å².